The molecule has 0 aromatic heterocycles. The number of hydrogen-bond donors (Lipinski definition) is 1. The molecule has 0 heterocycles. The van der Waals surface area contributed by atoms with Crippen molar-refractivity contribution in [2.24, 2.45) is 0 Å². The molecule has 16 heavy (non-hydrogen) atoms. The van der Waals surface area contributed by atoms with Gasteiger partial charge in [-0.2, -0.15) is 0 Å². The number of nitrogens with one attached hydrogen (secondary N) is 1. The molecule has 0 unspecified atom stereocenters. The maximum Gasteiger partial charge on any atom is 0.330 e. The van der Waals surface area contributed by atoms with Crippen molar-refractivity contribution in [3.8, 4) is 0 Å². The Balaban J connectivity index is 3.86. The Bertz CT molecular complexity index is 285. The second kappa shape index (κ2) is 6.79. The number of rotatable bonds is 7. The molecule has 0 aliphatic heterocycles. The summed E-state index contributed by atoms with van der Waals surface area (Å²) >= 11 is 0. The Morgan fingerprint density at radius 3 is 2.44 bits per heavy atom. The minimum atomic E-state index is -0.435. The molecular weight excluding hydrogens is 208 g/mol. The number of hydrogen-bond acceptors (Lipinski definition) is 3. The van der Waals surface area contributed by atoms with Gasteiger partial charge in [0, 0.05) is 6.08 Å². The molecule has 0 aliphatic rings. The summed E-state index contributed by atoms with van der Waals surface area (Å²) in [4.78, 5) is 21.7. The first-order valence-electron chi connectivity index (χ1n) is 4.93. The SMILES string of the molecule is C=CC(=O)NC[N+](C)(C)CCOC(=O)C=C. The van der Waals surface area contributed by atoms with Crippen molar-refractivity contribution in [3.05, 3.63) is 25.3 Å². The zero-order valence-corrected chi connectivity index (χ0v) is 9.86. The van der Waals surface area contributed by atoms with Gasteiger partial charge in [0.15, 0.2) is 6.67 Å². The highest BCUT2D eigenvalue weighted by Gasteiger charge is 2.15. The topological polar surface area (TPSA) is 55.4 Å². The lowest BCUT2D eigenvalue weighted by atomic mass is 10.5. The highest BCUT2D eigenvalue weighted by atomic mass is 16.5. The highest BCUT2D eigenvalue weighted by molar-refractivity contribution is 5.86. The summed E-state index contributed by atoms with van der Waals surface area (Å²) in [6.07, 6.45) is 2.34. The van der Waals surface area contributed by atoms with Crippen molar-refractivity contribution in [2.45, 2.75) is 0 Å². The van der Waals surface area contributed by atoms with Gasteiger partial charge in [-0.15, -0.1) is 0 Å². The van der Waals surface area contributed by atoms with Crippen LogP contribution in [-0.2, 0) is 14.3 Å². The van der Waals surface area contributed by atoms with Gasteiger partial charge in [-0.25, -0.2) is 4.79 Å². The Kier molecular flexibility index (Phi) is 6.10. The standard InChI is InChI=1S/C11H18N2O3/c1-5-10(14)12-9-13(3,4)7-8-16-11(15)6-2/h5-6H,1-2,7-9H2,3-4H3/p+1. The summed E-state index contributed by atoms with van der Waals surface area (Å²) in [5.74, 6) is -0.649. The molecule has 1 amide bonds. The van der Waals surface area contributed by atoms with Gasteiger partial charge in [0.1, 0.15) is 13.2 Å². The van der Waals surface area contributed by atoms with Crippen LogP contribution in [0.3, 0.4) is 0 Å². The summed E-state index contributed by atoms with van der Waals surface area (Å²) in [5.41, 5.74) is 0. The van der Waals surface area contributed by atoms with E-state index >= 15 is 0 Å². The van der Waals surface area contributed by atoms with E-state index in [-0.39, 0.29) is 5.91 Å². The number of likely N-dealkylation sites (N-methyl/N-ethyl adjacent to an activating group) is 1. The van der Waals surface area contributed by atoms with E-state index in [1.165, 1.54) is 6.08 Å². The second-order valence-corrected chi connectivity index (χ2v) is 3.93. The summed E-state index contributed by atoms with van der Waals surface area (Å²) in [7, 11) is 3.84. The number of carbonyl (C=O) groups excluding carboxylic acids is 2. The van der Waals surface area contributed by atoms with Gasteiger partial charge in [0.05, 0.1) is 14.1 Å². The highest BCUT2D eigenvalue weighted by Crippen LogP contribution is 1.94. The molecule has 0 radical (unpaired) electrons. The molecule has 0 spiro atoms. The quantitative estimate of drug-likeness (QED) is 0.289. The van der Waals surface area contributed by atoms with Gasteiger partial charge < -0.3 is 14.5 Å². The maximum atomic E-state index is 10.9. The number of carbonyl (C=O) groups is 2. The van der Waals surface area contributed by atoms with Crippen LogP contribution >= 0.6 is 0 Å². The Hall–Kier alpha value is -1.62. The number of amides is 1. The van der Waals surface area contributed by atoms with E-state index in [4.69, 9.17) is 4.74 Å². The molecule has 0 saturated carbocycles. The molecule has 5 heteroatoms. The van der Waals surface area contributed by atoms with E-state index in [0.717, 1.165) is 6.08 Å². The maximum absolute atomic E-state index is 10.9. The molecule has 0 aromatic carbocycles. The third-order valence-corrected chi connectivity index (χ3v) is 1.97. The average Bonchev–Trinajstić information content (AvgIpc) is 2.25. The molecule has 0 aliphatic carbocycles. The molecule has 0 rings (SSSR count). The van der Waals surface area contributed by atoms with Crippen molar-refractivity contribution in [1.29, 1.82) is 0 Å². The summed E-state index contributed by atoms with van der Waals surface area (Å²) in [6.45, 7) is 8.01. The van der Waals surface area contributed by atoms with Gasteiger partial charge in [-0.3, -0.25) is 4.79 Å². The predicted molar refractivity (Wildman–Crippen MR) is 61.3 cm³/mol. The van der Waals surface area contributed by atoms with Crippen LogP contribution in [-0.4, -0.2) is 50.3 Å². The van der Waals surface area contributed by atoms with Gasteiger partial charge >= 0.3 is 5.97 Å². The lowest BCUT2D eigenvalue weighted by Gasteiger charge is -2.29. The normalized spacial score (nSPS) is 10.4. The van der Waals surface area contributed by atoms with Crippen molar-refractivity contribution in [1.82, 2.24) is 5.32 Å². The first kappa shape index (κ1) is 14.4. The van der Waals surface area contributed by atoms with E-state index in [9.17, 15) is 9.59 Å². The minimum Gasteiger partial charge on any atom is -0.457 e. The summed E-state index contributed by atoms with van der Waals surface area (Å²) in [6, 6.07) is 0. The number of esters is 1. The van der Waals surface area contributed by atoms with Crippen LogP contribution in [0.25, 0.3) is 0 Å². The molecular formula is C11H19N2O3+. The van der Waals surface area contributed by atoms with Gasteiger partial charge in [-0.05, 0) is 6.08 Å². The zero-order valence-electron chi connectivity index (χ0n) is 9.86. The van der Waals surface area contributed by atoms with Crippen LogP contribution in [0.2, 0.25) is 0 Å². The van der Waals surface area contributed by atoms with E-state index < -0.39 is 5.97 Å². The van der Waals surface area contributed by atoms with E-state index in [0.29, 0.717) is 24.3 Å². The van der Waals surface area contributed by atoms with E-state index in [1.807, 2.05) is 14.1 Å². The van der Waals surface area contributed by atoms with Crippen LogP contribution in [0.5, 0.6) is 0 Å². The first-order chi connectivity index (χ1) is 7.41. The van der Waals surface area contributed by atoms with E-state index in [2.05, 4.69) is 18.5 Å². The Labute approximate surface area is 96.0 Å². The fourth-order valence-electron chi connectivity index (χ4n) is 0.895. The van der Waals surface area contributed by atoms with Gasteiger partial charge in [0.25, 0.3) is 0 Å². The van der Waals surface area contributed by atoms with Crippen LogP contribution in [0.1, 0.15) is 0 Å². The van der Waals surface area contributed by atoms with Crippen LogP contribution in [0.15, 0.2) is 25.3 Å². The fraction of sp³-hybridized carbons (Fsp3) is 0.455. The van der Waals surface area contributed by atoms with E-state index in [1.54, 1.807) is 0 Å². The molecule has 90 valence electrons. The lowest BCUT2D eigenvalue weighted by molar-refractivity contribution is -0.892. The summed E-state index contributed by atoms with van der Waals surface area (Å²) in [5, 5.41) is 2.68. The van der Waals surface area contributed by atoms with Crippen LogP contribution in [0, 0.1) is 0 Å². The molecule has 0 bridgehead atoms. The largest absolute Gasteiger partial charge is 0.457 e. The monoisotopic (exact) mass is 227 g/mol. The molecule has 5 nitrogen and oxygen atoms in total. The molecule has 1 N–H and O–H groups in total. The Morgan fingerprint density at radius 2 is 1.94 bits per heavy atom. The smallest absolute Gasteiger partial charge is 0.330 e. The fourth-order valence-corrected chi connectivity index (χ4v) is 0.895. The predicted octanol–water partition coefficient (Wildman–Crippen LogP) is 0.0517. The molecule has 0 fully saturated rings. The van der Waals surface area contributed by atoms with Crippen LogP contribution < -0.4 is 5.32 Å². The molecule has 0 atom stereocenters. The minimum absolute atomic E-state index is 0.214. The third-order valence-electron chi connectivity index (χ3n) is 1.97. The number of quaternary nitrogens is 1. The van der Waals surface area contributed by atoms with Gasteiger partial charge in [0.2, 0.25) is 5.91 Å². The zero-order chi connectivity index (χ0) is 12.6. The summed E-state index contributed by atoms with van der Waals surface area (Å²) < 4.78 is 5.37. The molecule has 0 saturated heterocycles. The lowest BCUT2D eigenvalue weighted by Crippen LogP contribution is -2.49. The number of nitrogens with zero attached hydrogens (tertiary/aromatic N) is 1. The average molecular weight is 227 g/mol. The van der Waals surface area contributed by atoms with Crippen molar-refractivity contribution < 1.29 is 18.8 Å². The second-order valence-electron chi connectivity index (χ2n) is 3.93. The van der Waals surface area contributed by atoms with Crippen molar-refractivity contribution in [2.75, 3.05) is 33.9 Å². The van der Waals surface area contributed by atoms with Gasteiger partial charge in [-0.1, -0.05) is 13.2 Å². The number of ether oxygens (including phenoxy) is 1. The van der Waals surface area contributed by atoms with Crippen molar-refractivity contribution >= 4 is 11.9 Å². The first-order valence-corrected chi connectivity index (χ1v) is 4.93. The Morgan fingerprint density at radius 1 is 1.31 bits per heavy atom. The van der Waals surface area contributed by atoms with Crippen molar-refractivity contribution in [3.63, 3.8) is 0 Å². The third kappa shape index (κ3) is 6.78. The molecule has 0 aromatic rings. The van der Waals surface area contributed by atoms with Crippen LogP contribution in [0.4, 0.5) is 0 Å².